The molecule has 0 N–H and O–H groups in total. The Morgan fingerprint density at radius 3 is 2.68 bits per heavy atom. The van der Waals surface area contributed by atoms with Gasteiger partial charge in [-0.25, -0.2) is 0 Å². The van der Waals surface area contributed by atoms with Crippen molar-refractivity contribution in [2.45, 2.75) is 6.92 Å². The number of fused-ring (bicyclic) bond motifs is 1. The summed E-state index contributed by atoms with van der Waals surface area (Å²) in [5, 5.41) is 8.15. The van der Waals surface area contributed by atoms with Crippen LogP contribution in [0.1, 0.15) is 12.5 Å². The topological polar surface area (TPSA) is 41.9 Å². The third kappa shape index (κ3) is 3.45. The van der Waals surface area contributed by atoms with E-state index in [-0.39, 0.29) is 5.91 Å². The molecule has 1 amide bonds. The molecule has 3 aromatic rings. The second-order valence-corrected chi connectivity index (χ2v) is 6.56. The number of carbonyl (C=O) groups is 1. The Hall–Kier alpha value is -3.66. The number of hydrogen-bond donors (Lipinski definition) is 0. The van der Waals surface area contributed by atoms with E-state index in [9.17, 15) is 4.79 Å². The Kier molecular flexibility index (Phi) is 4.77. The number of hydrogen-bond acceptors (Lipinski definition) is 3. The summed E-state index contributed by atoms with van der Waals surface area (Å²) in [5.74, 6) is 0.603. The number of carbonyl (C=O) groups excluding carboxylic acids is 1. The SMILES string of the molecule is C=CCOc1cccc(C=C2C(=O)N(c3ccc4ccccc4c3)N=C2C)c1. The summed E-state index contributed by atoms with van der Waals surface area (Å²) in [4.78, 5) is 13.0. The lowest BCUT2D eigenvalue weighted by molar-refractivity contribution is -0.114. The molecule has 0 aliphatic carbocycles. The van der Waals surface area contributed by atoms with Gasteiger partial charge in [-0.2, -0.15) is 10.1 Å². The summed E-state index contributed by atoms with van der Waals surface area (Å²) < 4.78 is 5.57. The van der Waals surface area contributed by atoms with Crippen molar-refractivity contribution in [1.29, 1.82) is 0 Å². The Balaban J connectivity index is 1.64. The third-order valence-corrected chi connectivity index (χ3v) is 4.58. The first kappa shape index (κ1) is 17.7. The standard InChI is InChI=1S/C24H20N2O2/c1-3-13-28-22-10-6-7-18(14-22)15-23-17(2)25-26(24(23)27)21-12-11-19-8-4-5-9-20(19)16-21/h3-12,14-16H,1,13H2,2H3. The summed E-state index contributed by atoms with van der Waals surface area (Å²) in [6, 6.07) is 21.6. The molecule has 0 atom stereocenters. The van der Waals surface area contributed by atoms with Crippen molar-refractivity contribution in [3.63, 3.8) is 0 Å². The quantitative estimate of drug-likeness (QED) is 0.458. The molecule has 1 aliphatic rings. The van der Waals surface area contributed by atoms with Gasteiger partial charge in [0.2, 0.25) is 0 Å². The first-order chi connectivity index (χ1) is 13.7. The molecule has 4 nitrogen and oxygen atoms in total. The number of amides is 1. The molecule has 4 heteroatoms. The highest BCUT2D eigenvalue weighted by Gasteiger charge is 2.28. The average molecular weight is 368 g/mol. The monoisotopic (exact) mass is 368 g/mol. The first-order valence-electron chi connectivity index (χ1n) is 9.10. The molecule has 0 saturated carbocycles. The molecular formula is C24H20N2O2. The van der Waals surface area contributed by atoms with Crippen LogP contribution >= 0.6 is 0 Å². The molecule has 0 saturated heterocycles. The predicted octanol–water partition coefficient (Wildman–Crippen LogP) is 5.21. The molecule has 0 bridgehead atoms. The summed E-state index contributed by atoms with van der Waals surface area (Å²) in [6.45, 7) is 5.94. The van der Waals surface area contributed by atoms with Gasteiger partial charge in [-0.3, -0.25) is 4.79 Å². The van der Waals surface area contributed by atoms with Gasteiger partial charge in [-0.05, 0) is 53.6 Å². The lowest BCUT2D eigenvalue weighted by atomic mass is 10.1. The fraction of sp³-hybridized carbons (Fsp3) is 0.0833. The number of anilines is 1. The molecule has 138 valence electrons. The Labute approximate surface area is 164 Å². The molecule has 0 spiro atoms. The van der Waals surface area contributed by atoms with Crippen molar-refractivity contribution in [3.05, 3.63) is 90.5 Å². The fourth-order valence-corrected chi connectivity index (χ4v) is 3.18. The van der Waals surface area contributed by atoms with E-state index in [1.165, 1.54) is 5.01 Å². The maximum Gasteiger partial charge on any atom is 0.280 e. The van der Waals surface area contributed by atoms with Gasteiger partial charge < -0.3 is 4.74 Å². The lowest BCUT2D eigenvalue weighted by Gasteiger charge is -2.12. The van der Waals surface area contributed by atoms with E-state index in [4.69, 9.17) is 4.74 Å². The molecule has 0 aromatic heterocycles. The number of rotatable bonds is 5. The third-order valence-electron chi connectivity index (χ3n) is 4.58. The van der Waals surface area contributed by atoms with Gasteiger partial charge in [-0.15, -0.1) is 0 Å². The van der Waals surface area contributed by atoms with Crippen LogP contribution in [-0.4, -0.2) is 18.2 Å². The van der Waals surface area contributed by atoms with Crippen LogP contribution in [0.2, 0.25) is 0 Å². The molecule has 0 unspecified atom stereocenters. The van der Waals surface area contributed by atoms with E-state index in [1.807, 2.05) is 79.7 Å². The minimum absolute atomic E-state index is 0.134. The lowest BCUT2D eigenvalue weighted by Crippen LogP contribution is -2.21. The summed E-state index contributed by atoms with van der Waals surface area (Å²) in [7, 11) is 0. The summed E-state index contributed by atoms with van der Waals surface area (Å²) in [5.41, 5.74) is 2.92. The summed E-state index contributed by atoms with van der Waals surface area (Å²) >= 11 is 0. The molecular weight excluding hydrogens is 348 g/mol. The van der Waals surface area contributed by atoms with Crippen LogP contribution in [0.5, 0.6) is 5.75 Å². The van der Waals surface area contributed by atoms with Crippen molar-refractivity contribution in [3.8, 4) is 5.75 Å². The zero-order chi connectivity index (χ0) is 19.5. The molecule has 0 radical (unpaired) electrons. The van der Waals surface area contributed by atoms with Crippen LogP contribution in [0.15, 0.2) is 90.1 Å². The number of benzene rings is 3. The van der Waals surface area contributed by atoms with Crippen LogP contribution in [-0.2, 0) is 4.79 Å². The zero-order valence-electron chi connectivity index (χ0n) is 15.6. The highest BCUT2D eigenvalue weighted by Crippen LogP contribution is 2.28. The number of ether oxygens (including phenoxy) is 1. The minimum atomic E-state index is -0.134. The van der Waals surface area contributed by atoms with Crippen LogP contribution in [0.25, 0.3) is 16.8 Å². The fourth-order valence-electron chi connectivity index (χ4n) is 3.18. The maximum absolute atomic E-state index is 13.0. The second-order valence-electron chi connectivity index (χ2n) is 6.56. The zero-order valence-corrected chi connectivity index (χ0v) is 15.6. The highest BCUT2D eigenvalue weighted by atomic mass is 16.5. The van der Waals surface area contributed by atoms with Crippen molar-refractivity contribution in [2.75, 3.05) is 11.6 Å². The molecule has 1 aliphatic heterocycles. The van der Waals surface area contributed by atoms with E-state index < -0.39 is 0 Å². The van der Waals surface area contributed by atoms with Gasteiger partial charge >= 0.3 is 0 Å². The van der Waals surface area contributed by atoms with Gasteiger partial charge in [0, 0.05) is 0 Å². The second kappa shape index (κ2) is 7.53. The largest absolute Gasteiger partial charge is 0.490 e. The highest BCUT2D eigenvalue weighted by molar-refractivity contribution is 6.32. The Morgan fingerprint density at radius 2 is 1.86 bits per heavy atom. The van der Waals surface area contributed by atoms with Gasteiger partial charge in [0.1, 0.15) is 12.4 Å². The first-order valence-corrected chi connectivity index (χ1v) is 9.10. The average Bonchev–Trinajstić information content (AvgIpc) is 3.00. The smallest absolute Gasteiger partial charge is 0.280 e. The molecule has 3 aromatic carbocycles. The molecule has 4 rings (SSSR count). The molecule has 28 heavy (non-hydrogen) atoms. The number of nitrogens with zero attached hydrogens (tertiary/aromatic N) is 2. The molecule has 1 heterocycles. The van der Waals surface area contributed by atoms with E-state index in [0.717, 1.165) is 27.8 Å². The van der Waals surface area contributed by atoms with Crippen molar-refractivity contribution in [2.24, 2.45) is 5.10 Å². The van der Waals surface area contributed by atoms with Gasteiger partial charge in [0.05, 0.1) is 17.0 Å². The van der Waals surface area contributed by atoms with E-state index in [0.29, 0.717) is 17.9 Å². The normalized spacial score (nSPS) is 15.2. The summed E-state index contributed by atoms with van der Waals surface area (Å²) in [6.07, 6.45) is 3.55. The van der Waals surface area contributed by atoms with Crippen LogP contribution < -0.4 is 9.75 Å². The predicted molar refractivity (Wildman–Crippen MR) is 115 cm³/mol. The minimum Gasteiger partial charge on any atom is -0.490 e. The van der Waals surface area contributed by atoms with Crippen molar-refractivity contribution >= 4 is 34.2 Å². The Bertz CT molecular complexity index is 1130. The van der Waals surface area contributed by atoms with Crippen molar-refractivity contribution < 1.29 is 9.53 Å². The van der Waals surface area contributed by atoms with Crippen LogP contribution in [0.3, 0.4) is 0 Å². The molecule has 0 fully saturated rings. The van der Waals surface area contributed by atoms with Crippen molar-refractivity contribution in [1.82, 2.24) is 0 Å². The van der Waals surface area contributed by atoms with Crippen LogP contribution in [0, 0.1) is 0 Å². The van der Waals surface area contributed by atoms with Gasteiger partial charge in [0.25, 0.3) is 5.91 Å². The van der Waals surface area contributed by atoms with E-state index >= 15 is 0 Å². The van der Waals surface area contributed by atoms with Crippen LogP contribution in [0.4, 0.5) is 5.69 Å². The van der Waals surface area contributed by atoms with E-state index in [1.54, 1.807) is 6.08 Å². The van der Waals surface area contributed by atoms with Gasteiger partial charge in [-0.1, -0.05) is 55.1 Å². The van der Waals surface area contributed by atoms with E-state index in [2.05, 4.69) is 11.7 Å². The van der Waals surface area contributed by atoms with Gasteiger partial charge in [0.15, 0.2) is 0 Å². The maximum atomic E-state index is 13.0. The number of hydrazone groups is 1. The Morgan fingerprint density at radius 1 is 1.04 bits per heavy atom.